The maximum absolute atomic E-state index is 14.8. The van der Waals surface area contributed by atoms with Gasteiger partial charge in [0.05, 0.1) is 25.9 Å². The third-order valence-corrected chi connectivity index (χ3v) is 8.10. The van der Waals surface area contributed by atoms with Crippen molar-refractivity contribution in [2.24, 2.45) is 0 Å². The lowest BCUT2D eigenvalue weighted by Crippen LogP contribution is -2.53. The Labute approximate surface area is 258 Å². The first-order chi connectivity index (χ1) is 21.5. The van der Waals surface area contributed by atoms with Gasteiger partial charge in [0.1, 0.15) is 6.10 Å². The number of aliphatic carboxylic acids is 1. The molecule has 2 aromatic heterocycles. The monoisotopic (exact) mass is 622 g/mol. The second-order valence-electron chi connectivity index (χ2n) is 11.1. The average Bonchev–Trinajstić information content (AvgIpc) is 3.39. The van der Waals surface area contributed by atoms with E-state index in [0.717, 1.165) is 5.56 Å². The number of hydrogen-bond acceptors (Lipinski definition) is 6. The lowest BCUT2D eigenvalue weighted by Gasteiger charge is -2.39. The number of carbonyl (C=O) groups is 1. The van der Waals surface area contributed by atoms with Gasteiger partial charge in [0.2, 0.25) is 5.60 Å². The highest BCUT2D eigenvalue weighted by Gasteiger charge is 2.57. The molecule has 1 aliphatic rings. The van der Waals surface area contributed by atoms with Crippen LogP contribution in [-0.2, 0) is 23.4 Å². The molecule has 1 fully saturated rings. The molecule has 9 nitrogen and oxygen atoms in total. The van der Waals surface area contributed by atoms with E-state index in [2.05, 4.69) is 9.83 Å². The minimum Gasteiger partial charge on any atom is -0.493 e. The summed E-state index contributed by atoms with van der Waals surface area (Å²) in [6.45, 7) is 7.41. The van der Waals surface area contributed by atoms with Crippen molar-refractivity contribution in [3.8, 4) is 11.5 Å². The molecule has 1 unspecified atom stereocenters. The minimum atomic E-state index is -4.99. The third-order valence-electron chi connectivity index (χ3n) is 8.10. The van der Waals surface area contributed by atoms with Crippen molar-refractivity contribution in [3.63, 3.8) is 0 Å². The number of β-amino-alcohol motifs (C(OH)–C–C–N with tert-alkyl or cyclic N) is 1. The standard InChI is InChI=1S/C33H33F3N4O5/c1-37-23-8-9-26-27(20-40(28(26)18-23)19-24-5-3-4-14-38-24)32(43,33(34,35)36)21-39-15-12-25(13-16-39)45-29-10-6-22(7-11-31(41)42)17-30(29)44-2/h3-6,8-10,14,17-18,20,25,43H,7,11-13,15-16,19,21H2,2H3,(H,41,42). The molecule has 1 saturated heterocycles. The van der Waals surface area contributed by atoms with Crippen molar-refractivity contribution in [1.29, 1.82) is 0 Å². The van der Waals surface area contributed by atoms with E-state index in [4.69, 9.17) is 21.2 Å². The minimum absolute atomic E-state index is 0.0150. The van der Waals surface area contributed by atoms with Crippen LogP contribution in [0.4, 0.5) is 18.9 Å². The fourth-order valence-electron chi connectivity index (χ4n) is 5.71. The molecule has 5 rings (SSSR count). The lowest BCUT2D eigenvalue weighted by molar-refractivity contribution is -0.272. The molecule has 1 atom stereocenters. The molecule has 0 saturated carbocycles. The van der Waals surface area contributed by atoms with Gasteiger partial charge >= 0.3 is 12.1 Å². The normalized spacial score (nSPS) is 15.8. The van der Waals surface area contributed by atoms with E-state index in [-0.39, 0.29) is 48.8 Å². The smallest absolute Gasteiger partial charge is 0.422 e. The largest absolute Gasteiger partial charge is 0.493 e. The van der Waals surface area contributed by atoms with Gasteiger partial charge in [-0.15, -0.1) is 0 Å². The summed E-state index contributed by atoms with van der Waals surface area (Å²) >= 11 is 0. The fraction of sp³-hybridized carbons (Fsp3) is 0.364. The van der Waals surface area contributed by atoms with Gasteiger partial charge in [-0.05, 0) is 55.2 Å². The molecular formula is C33H33F3N4O5. The Balaban J connectivity index is 1.34. The number of hydrogen-bond donors (Lipinski definition) is 2. The Kier molecular flexibility index (Phi) is 9.32. The first kappa shape index (κ1) is 31.8. The van der Waals surface area contributed by atoms with Crippen molar-refractivity contribution in [2.75, 3.05) is 26.7 Å². The zero-order valence-electron chi connectivity index (χ0n) is 24.6. The van der Waals surface area contributed by atoms with E-state index in [1.807, 2.05) is 0 Å². The van der Waals surface area contributed by atoms with Crippen LogP contribution in [0, 0.1) is 6.57 Å². The van der Waals surface area contributed by atoms with E-state index < -0.39 is 24.3 Å². The highest BCUT2D eigenvalue weighted by molar-refractivity contribution is 5.88. The van der Waals surface area contributed by atoms with Gasteiger partial charge in [0, 0.05) is 54.9 Å². The second kappa shape index (κ2) is 13.2. The maximum Gasteiger partial charge on any atom is 0.422 e. The molecule has 0 amide bonds. The third kappa shape index (κ3) is 7.05. The van der Waals surface area contributed by atoms with Gasteiger partial charge in [-0.1, -0.05) is 24.3 Å². The van der Waals surface area contributed by atoms with E-state index >= 15 is 0 Å². The molecular weight excluding hydrogens is 589 g/mol. The number of rotatable bonds is 11. The molecule has 2 N–H and O–H groups in total. The number of pyridine rings is 1. The Bertz CT molecular complexity index is 1690. The Morgan fingerprint density at radius 3 is 2.53 bits per heavy atom. The topological polar surface area (TPSA) is 101 Å². The summed E-state index contributed by atoms with van der Waals surface area (Å²) in [5.74, 6) is 0.0273. The summed E-state index contributed by atoms with van der Waals surface area (Å²) < 4.78 is 57.6. The molecule has 0 radical (unpaired) electrons. The molecule has 2 aromatic carbocycles. The quantitative estimate of drug-likeness (QED) is 0.199. The summed E-state index contributed by atoms with van der Waals surface area (Å²) in [7, 11) is 1.49. The van der Waals surface area contributed by atoms with Gasteiger partial charge < -0.3 is 24.3 Å². The number of halogens is 3. The number of methoxy groups -OCH3 is 1. The van der Waals surface area contributed by atoms with Crippen LogP contribution in [0.15, 0.2) is 67.0 Å². The molecule has 4 aromatic rings. The summed E-state index contributed by atoms with van der Waals surface area (Å²) in [5, 5.41) is 20.7. The Hall–Kier alpha value is -4.60. The van der Waals surface area contributed by atoms with E-state index in [1.54, 1.807) is 52.1 Å². The zero-order valence-corrected chi connectivity index (χ0v) is 24.6. The summed E-state index contributed by atoms with van der Waals surface area (Å²) in [6.07, 6.45) is -1.18. The number of carboxylic acid groups (broad SMARTS) is 1. The Morgan fingerprint density at radius 1 is 1.11 bits per heavy atom. The van der Waals surface area contributed by atoms with E-state index in [1.165, 1.54) is 31.5 Å². The number of nitrogens with zero attached hydrogens (tertiary/aromatic N) is 4. The summed E-state index contributed by atoms with van der Waals surface area (Å²) in [5.41, 5.74) is -1.36. The SMILES string of the molecule is [C-]#[N+]c1ccc2c(C(O)(CN3CCC(Oc4ccc(CCC(=O)O)cc4OC)CC3)C(F)(F)F)cn(Cc3ccccn3)c2c1. The Morgan fingerprint density at radius 2 is 1.89 bits per heavy atom. The zero-order chi connectivity index (χ0) is 32.2. The average molecular weight is 623 g/mol. The number of likely N-dealkylation sites (tertiary alicyclic amines) is 1. The first-order valence-electron chi connectivity index (χ1n) is 14.5. The van der Waals surface area contributed by atoms with Crippen LogP contribution in [0.3, 0.4) is 0 Å². The number of aromatic nitrogens is 2. The highest BCUT2D eigenvalue weighted by Crippen LogP contribution is 2.44. The van der Waals surface area contributed by atoms with Gasteiger partial charge in [-0.25, -0.2) is 4.85 Å². The molecule has 236 valence electrons. The van der Waals surface area contributed by atoms with Gasteiger partial charge in [0.15, 0.2) is 17.2 Å². The highest BCUT2D eigenvalue weighted by atomic mass is 19.4. The van der Waals surface area contributed by atoms with Crippen LogP contribution in [0.5, 0.6) is 11.5 Å². The molecule has 3 heterocycles. The van der Waals surface area contributed by atoms with Crippen LogP contribution >= 0.6 is 0 Å². The summed E-state index contributed by atoms with van der Waals surface area (Å²) in [6, 6.07) is 14.9. The number of carboxylic acids is 1. The first-order valence-corrected chi connectivity index (χ1v) is 14.5. The number of fused-ring (bicyclic) bond motifs is 1. The van der Waals surface area contributed by atoms with Crippen LogP contribution in [-0.4, -0.2) is 69.7 Å². The van der Waals surface area contributed by atoms with Gasteiger partial charge in [-0.2, -0.15) is 13.2 Å². The second-order valence-corrected chi connectivity index (χ2v) is 11.1. The molecule has 12 heteroatoms. The maximum atomic E-state index is 14.8. The predicted molar refractivity (Wildman–Crippen MR) is 161 cm³/mol. The van der Waals surface area contributed by atoms with Crippen LogP contribution < -0.4 is 9.47 Å². The number of ether oxygens (including phenoxy) is 2. The number of aryl methyl sites for hydroxylation is 1. The van der Waals surface area contributed by atoms with Crippen LogP contribution in [0.2, 0.25) is 0 Å². The van der Waals surface area contributed by atoms with Gasteiger partial charge in [-0.3, -0.25) is 14.7 Å². The van der Waals surface area contributed by atoms with E-state index in [9.17, 15) is 23.1 Å². The summed E-state index contributed by atoms with van der Waals surface area (Å²) in [4.78, 5) is 20.2. The fourth-order valence-corrected chi connectivity index (χ4v) is 5.71. The van der Waals surface area contributed by atoms with Gasteiger partial charge in [0.25, 0.3) is 0 Å². The number of alkyl halides is 3. The van der Waals surface area contributed by atoms with Crippen LogP contribution in [0.25, 0.3) is 15.7 Å². The van der Waals surface area contributed by atoms with Crippen molar-refractivity contribution >= 4 is 22.6 Å². The molecule has 45 heavy (non-hydrogen) atoms. The van der Waals surface area contributed by atoms with Crippen molar-refractivity contribution in [1.82, 2.24) is 14.5 Å². The molecule has 0 aliphatic carbocycles. The molecule has 1 aliphatic heterocycles. The number of aliphatic hydroxyl groups is 1. The van der Waals surface area contributed by atoms with Crippen molar-refractivity contribution < 1.29 is 37.7 Å². The number of piperidine rings is 1. The molecule has 0 bridgehead atoms. The van der Waals surface area contributed by atoms with Crippen molar-refractivity contribution in [3.05, 3.63) is 95.2 Å². The molecule has 0 spiro atoms. The van der Waals surface area contributed by atoms with E-state index in [0.29, 0.717) is 42.0 Å². The lowest BCUT2D eigenvalue weighted by atomic mass is 9.91. The number of benzene rings is 2. The predicted octanol–water partition coefficient (Wildman–Crippen LogP) is 5.95. The van der Waals surface area contributed by atoms with Crippen LogP contribution in [0.1, 0.15) is 36.1 Å². The van der Waals surface area contributed by atoms with Crippen molar-refractivity contribution in [2.45, 2.75) is 50.1 Å².